The third-order valence-corrected chi connectivity index (χ3v) is 3.57. The Morgan fingerprint density at radius 1 is 1.00 bits per heavy atom. The number of rotatable bonds is 10. The highest BCUT2D eigenvalue weighted by Gasteiger charge is 1.95. The van der Waals surface area contributed by atoms with Crippen LogP contribution >= 0.6 is 0 Å². The molecule has 0 aliphatic carbocycles. The first-order valence-electron chi connectivity index (χ1n) is 7.98. The molecule has 5 nitrogen and oxygen atoms in total. The van der Waals surface area contributed by atoms with Crippen molar-refractivity contribution in [1.29, 1.82) is 0 Å². The molecular weight excluding hydrogens is 302 g/mol. The second kappa shape index (κ2) is 13.7. The monoisotopic (exact) mass is 331 g/mol. The maximum Gasteiger partial charge on any atom is 0.217 e. The number of unbranched alkanes of at least 4 members (excludes halogenated alkanes) is 7. The number of aryl methyl sites for hydroxylation is 1. The van der Waals surface area contributed by atoms with E-state index in [1.54, 1.807) is 0 Å². The van der Waals surface area contributed by atoms with E-state index in [1.165, 1.54) is 37.7 Å². The molecule has 0 spiro atoms. The zero-order valence-corrected chi connectivity index (χ0v) is 14.5. The molecule has 128 valence electrons. The summed E-state index contributed by atoms with van der Waals surface area (Å²) in [5, 5.41) is 0. The summed E-state index contributed by atoms with van der Waals surface area (Å²) in [7, 11) is -4.48. The van der Waals surface area contributed by atoms with Gasteiger partial charge in [0.2, 0.25) is 10.4 Å². The van der Waals surface area contributed by atoms with E-state index in [2.05, 4.69) is 23.0 Å². The average molecular weight is 331 g/mol. The van der Waals surface area contributed by atoms with Crippen LogP contribution in [0, 0.1) is 6.92 Å². The van der Waals surface area contributed by atoms with Gasteiger partial charge in [-0.2, -0.15) is 0 Å². The molecule has 0 fully saturated rings. The van der Waals surface area contributed by atoms with Gasteiger partial charge in [-0.15, -0.1) is 0 Å². The molecule has 1 rings (SSSR count). The number of hydrogen-bond donors (Lipinski definition) is 0. The second-order valence-corrected chi connectivity index (χ2v) is 6.33. The second-order valence-electron chi connectivity index (χ2n) is 5.28. The van der Waals surface area contributed by atoms with Crippen molar-refractivity contribution in [2.75, 3.05) is 6.61 Å². The minimum Gasteiger partial charge on any atom is -0.726 e. The Hall–Kier alpha value is -0.980. The zero-order valence-electron chi connectivity index (χ0n) is 13.7. The van der Waals surface area contributed by atoms with Gasteiger partial charge in [-0.25, -0.2) is 13.4 Å². The number of pyridine rings is 1. The minimum atomic E-state index is -4.48. The first-order valence-corrected chi connectivity index (χ1v) is 9.32. The van der Waals surface area contributed by atoms with E-state index >= 15 is 0 Å². The van der Waals surface area contributed by atoms with Crippen LogP contribution in [0.4, 0.5) is 0 Å². The molecule has 22 heavy (non-hydrogen) atoms. The fourth-order valence-electron chi connectivity index (χ4n) is 1.87. The molecule has 0 aliphatic rings. The van der Waals surface area contributed by atoms with Gasteiger partial charge in [0.25, 0.3) is 0 Å². The molecule has 1 N–H and O–H groups in total. The molecule has 0 atom stereocenters. The SMILES string of the molecule is CCCCCCCCCCOS(=O)(=O)[O-].Cc1cc[nH+]cc1. The van der Waals surface area contributed by atoms with Gasteiger partial charge in [-0.3, -0.25) is 4.18 Å². The number of hydrogen-bond acceptors (Lipinski definition) is 4. The molecule has 0 bridgehead atoms. The summed E-state index contributed by atoms with van der Waals surface area (Å²) in [6.07, 6.45) is 12.7. The van der Waals surface area contributed by atoms with E-state index in [0.717, 1.165) is 12.8 Å². The molecule has 0 amide bonds. The molecular formula is C16H29NO4S. The highest BCUT2D eigenvalue weighted by Crippen LogP contribution is 2.08. The van der Waals surface area contributed by atoms with Crippen LogP contribution in [0.2, 0.25) is 0 Å². The molecule has 0 saturated heterocycles. The van der Waals surface area contributed by atoms with E-state index in [0.29, 0.717) is 6.42 Å². The summed E-state index contributed by atoms with van der Waals surface area (Å²) in [5.74, 6) is 0. The van der Waals surface area contributed by atoms with E-state index in [-0.39, 0.29) is 6.61 Å². The molecule has 1 aromatic heterocycles. The highest BCUT2D eigenvalue weighted by molar-refractivity contribution is 7.80. The Morgan fingerprint density at radius 3 is 1.91 bits per heavy atom. The number of H-pyrrole nitrogens is 1. The van der Waals surface area contributed by atoms with E-state index < -0.39 is 10.4 Å². The molecule has 1 aromatic rings. The van der Waals surface area contributed by atoms with Crippen LogP contribution in [0.25, 0.3) is 0 Å². The largest absolute Gasteiger partial charge is 0.726 e. The smallest absolute Gasteiger partial charge is 0.217 e. The third kappa shape index (κ3) is 17.1. The maximum atomic E-state index is 10.1. The van der Waals surface area contributed by atoms with Gasteiger partial charge in [0.1, 0.15) is 0 Å². The summed E-state index contributed by atoms with van der Waals surface area (Å²) in [6.45, 7) is 4.27. The third-order valence-electron chi connectivity index (χ3n) is 3.11. The van der Waals surface area contributed by atoms with Gasteiger partial charge >= 0.3 is 0 Å². The summed E-state index contributed by atoms with van der Waals surface area (Å²) in [5.41, 5.74) is 1.29. The number of nitrogens with one attached hydrogen (secondary N) is 1. The number of aromatic amines is 1. The van der Waals surface area contributed by atoms with Crippen LogP contribution in [-0.2, 0) is 14.6 Å². The van der Waals surface area contributed by atoms with Crippen LogP contribution < -0.4 is 4.98 Å². The first kappa shape index (κ1) is 21.0. The van der Waals surface area contributed by atoms with Crippen LogP contribution in [0.5, 0.6) is 0 Å². The predicted molar refractivity (Wildman–Crippen MR) is 86.0 cm³/mol. The average Bonchev–Trinajstić information content (AvgIpc) is 2.46. The minimum absolute atomic E-state index is 0.0286. The van der Waals surface area contributed by atoms with Crippen LogP contribution in [0.15, 0.2) is 24.5 Å². The van der Waals surface area contributed by atoms with Crippen molar-refractivity contribution in [2.45, 2.75) is 65.2 Å². The van der Waals surface area contributed by atoms with Gasteiger partial charge in [0, 0.05) is 12.1 Å². The zero-order chi connectivity index (χ0) is 16.7. The molecule has 0 aromatic carbocycles. The summed E-state index contributed by atoms with van der Waals surface area (Å²) in [4.78, 5) is 2.93. The van der Waals surface area contributed by atoms with Crippen molar-refractivity contribution >= 4 is 10.4 Å². The van der Waals surface area contributed by atoms with Crippen molar-refractivity contribution in [3.05, 3.63) is 30.1 Å². The van der Waals surface area contributed by atoms with Gasteiger partial charge in [-0.1, -0.05) is 51.9 Å². The van der Waals surface area contributed by atoms with Crippen molar-refractivity contribution in [3.63, 3.8) is 0 Å². The van der Waals surface area contributed by atoms with Crippen molar-refractivity contribution in [2.24, 2.45) is 0 Å². The number of aromatic nitrogens is 1. The molecule has 6 heteroatoms. The Morgan fingerprint density at radius 2 is 1.50 bits per heavy atom. The lowest BCUT2D eigenvalue weighted by Gasteiger charge is -2.06. The molecule has 0 saturated carbocycles. The Bertz CT molecular complexity index is 448. The topological polar surface area (TPSA) is 80.6 Å². The Balaban J connectivity index is 0.000000518. The van der Waals surface area contributed by atoms with Gasteiger partial charge < -0.3 is 4.55 Å². The molecule has 0 radical (unpaired) electrons. The lowest BCUT2D eigenvalue weighted by Crippen LogP contribution is -2.05. The summed E-state index contributed by atoms with van der Waals surface area (Å²) >= 11 is 0. The maximum absolute atomic E-state index is 10.1. The van der Waals surface area contributed by atoms with Crippen molar-refractivity contribution in [1.82, 2.24) is 0 Å². The van der Waals surface area contributed by atoms with Crippen LogP contribution in [0.3, 0.4) is 0 Å². The van der Waals surface area contributed by atoms with Crippen molar-refractivity contribution < 1.29 is 22.1 Å². The van der Waals surface area contributed by atoms with Crippen LogP contribution in [-0.4, -0.2) is 19.6 Å². The molecule has 1 heterocycles. The van der Waals surface area contributed by atoms with E-state index in [4.69, 9.17) is 0 Å². The fraction of sp³-hybridized carbons (Fsp3) is 0.688. The highest BCUT2D eigenvalue weighted by atomic mass is 32.3. The predicted octanol–water partition coefficient (Wildman–Crippen LogP) is 3.41. The summed E-state index contributed by atoms with van der Waals surface area (Å²) < 4.78 is 34.3. The van der Waals surface area contributed by atoms with E-state index in [9.17, 15) is 13.0 Å². The Labute approximate surface area is 135 Å². The molecule has 0 unspecified atom stereocenters. The normalized spacial score (nSPS) is 10.9. The van der Waals surface area contributed by atoms with Gasteiger partial charge in [-0.05, 0) is 18.9 Å². The standard InChI is InChI=1S/C10H22O4S.C6H7N/c1-2-3-4-5-6-7-8-9-10-14-15(11,12)13;1-6-2-4-7-5-3-6/h2-10H2,1H3,(H,11,12,13);2-5H,1H3. The van der Waals surface area contributed by atoms with E-state index in [1.807, 2.05) is 24.5 Å². The fourth-order valence-corrected chi connectivity index (χ4v) is 2.19. The lowest BCUT2D eigenvalue weighted by molar-refractivity contribution is -0.378. The first-order chi connectivity index (χ1) is 10.5. The van der Waals surface area contributed by atoms with Gasteiger partial charge in [0.15, 0.2) is 12.4 Å². The van der Waals surface area contributed by atoms with Gasteiger partial charge in [0.05, 0.1) is 6.61 Å². The van der Waals surface area contributed by atoms with Crippen LogP contribution in [0.1, 0.15) is 63.9 Å². The lowest BCUT2D eigenvalue weighted by atomic mass is 10.1. The van der Waals surface area contributed by atoms with Crippen molar-refractivity contribution in [3.8, 4) is 0 Å². The quantitative estimate of drug-likeness (QED) is 0.374. The Kier molecular flexibility index (Phi) is 13.1. The summed E-state index contributed by atoms with van der Waals surface area (Å²) in [6, 6.07) is 4.06. The molecule has 0 aliphatic heterocycles.